The number of alkyl halides is 2. The maximum Gasteiger partial charge on any atom is 0.387 e. The van der Waals surface area contributed by atoms with Gasteiger partial charge in [0.05, 0.1) is 5.69 Å². The Bertz CT molecular complexity index is 883. The van der Waals surface area contributed by atoms with Crippen LogP contribution in [-0.2, 0) is 6.54 Å². The molecule has 0 atom stereocenters. The highest BCUT2D eigenvalue weighted by molar-refractivity contribution is 5.89. The van der Waals surface area contributed by atoms with Crippen molar-refractivity contribution in [2.75, 3.05) is 12.4 Å². The van der Waals surface area contributed by atoms with Crippen molar-refractivity contribution in [3.05, 3.63) is 72.6 Å². The van der Waals surface area contributed by atoms with E-state index in [2.05, 4.69) is 15.2 Å². The molecule has 1 heterocycles. The van der Waals surface area contributed by atoms with Gasteiger partial charge in [0.2, 0.25) is 0 Å². The van der Waals surface area contributed by atoms with Gasteiger partial charge in [0.1, 0.15) is 5.75 Å². The second kappa shape index (κ2) is 8.31. The molecule has 3 aromatic rings. The minimum atomic E-state index is -2.86. The van der Waals surface area contributed by atoms with Crippen LogP contribution in [0.2, 0.25) is 0 Å². The Kier molecular flexibility index (Phi) is 5.65. The highest BCUT2D eigenvalue weighted by Crippen LogP contribution is 2.17. The number of hydrogen-bond acceptors (Lipinski definition) is 3. The van der Waals surface area contributed by atoms with E-state index in [-0.39, 0.29) is 11.8 Å². The Hall–Kier alpha value is -3.42. The van der Waals surface area contributed by atoms with Gasteiger partial charge < -0.3 is 15.0 Å². The monoisotopic (exact) mass is 372 g/mol. The van der Waals surface area contributed by atoms with Crippen molar-refractivity contribution in [1.82, 2.24) is 14.7 Å². The quantitative estimate of drug-likeness (QED) is 0.708. The molecule has 0 bridgehead atoms. The van der Waals surface area contributed by atoms with Gasteiger partial charge in [-0.15, -0.1) is 0 Å². The van der Waals surface area contributed by atoms with Crippen molar-refractivity contribution < 1.29 is 18.3 Å². The minimum absolute atomic E-state index is 0.0799. The number of ether oxygens (including phenoxy) is 1. The Labute approximate surface area is 155 Å². The van der Waals surface area contributed by atoms with Crippen LogP contribution < -0.4 is 10.1 Å². The average molecular weight is 372 g/mol. The van der Waals surface area contributed by atoms with Crippen molar-refractivity contribution >= 4 is 11.7 Å². The summed E-state index contributed by atoms with van der Waals surface area (Å²) in [4.78, 5) is 13.9. The fourth-order valence-corrected chi connectivity index (χ4v) is 2.49. The van der Waals surface area contributed by atoms with Crippen LogP contribution in [0.4, 0.5) is 19.3 Å². The largest absolute Gasteiger partial charge is 0.435 e. The molecular formula is C19H18F2N4O2. The lowest BCUT2D eigenvalue weighted by atomic mass is 10.2. The molecule has 0 saturated heterocycles. The second-order valence-corrected chi connectivity index (χ2v) is 5.81. The number of carbonyl (C=O) groups excluding carboxylic acids is 1. The molecular weight excluding hydrogens is 354 g/mol. The molecule has 0 aliphatic rings. The second-order valence-electron chi connectivity index (χ2n) is 5.81. The predicted octanol–water partition coefficient (Wildman–Crippen LogP) is 4.14. The highest BCUT2D eigenvalue weighted by atomic mass is 19.3. The number of hydrogen-bond donors (Lipinski definition) is 1. The molecule has 1 N–H and O–H groups in total. The molecule has 1 aromatic heterocycles. The first-order valence-electron chi connectivity index (χ1n) is 8.17. The maximum atomic E-state index is 12.4. The summed E-state index contributed by atoms with van der Waals surface area (Å²) in [7, 11) is 1.65. The number of nitrogens with one attached hydrogen (secondary N) is 1. The summed E-state index contributed by atoms with van der Waals surface area (Å²) < 4.78 is 30.4. The van der Waals surface area contributed by atoms with Crippen molar-refractivity contribution in [2.24, 2.45) is 0 Å². The summed E-state index contributed by atoms with van der Waals surface area (Å²) in [6.45, 7) is -2.54. The van der Waals surface area contributed by atoms with Gasteiger partial charge in [-0.1, -0.05) is 18.2 Å². The van der Waals surface area contributed by atoms with Gasteiger partial charge >= 0.3 is 12.6 Å². The summed E-state index contributed by atoms with van der Waals surface area (Å²) in [5.41, 5.74) is 2.26. The van der Waals surface area contributed by atoms with E-state index >= 15 is 0 Å². The molecule has 2 amide bonds. The third kappa shape index (κ3) is 5.04. The van der Waals surface area contributed by atoms with E-state index in [4.69, 9.17) is 0 Å². The van der Waals surface area contributed by atoms with Gasteiger partial charge in [-0.05, 0) is 42.0 Å². The Morgan fingerprint density at radius 2 is 2.00 bits per heavy atom. The molecule has 0 unspecified atom stereocenters. The summed E-state index contributed by atoms with van der Waals surface area (Å²) in [6.07, 6.45) is 3.49. The molecule has 27 heavy (non-hydrogen) atoms. The van der Waals surface area contributed by atoms with Crippen LogP contribution in [0.25, 0.3) is 5.69 Å². The summed E-state index contributed by atoms with van der Waals surface area (Å²) >= 11 is 0. The zero-order valence-electron chi connectivity index (χ0n) is 14.5. The lowest BCUT2D eigenvalue weighted by Gasteiger charge is -2.18. The van der Waals surface area contributed by atoms with Crippen molar-refractivity contribution in [2.45, 2.75) is 13.2 Å². The van der Waals surface area contributed by atoms with Gasteiger partial charge in [0.15, 0.2) is 0 Å². The number of urea groups is 1. The highest BCUT2D eigenvalue weighted by Gasteiger charge is 2.11. The molecule has 0 aliphatic heterocycles. The van der Waals surface area contributed by atoms with Gasteiger partial charge in [0, 0.05) is 31.7 Å². The maximum absolute atomic E-state index is 12.4. The fourth-order valence-electron chi connectivity index (χ4n) is 2.49. The molecule has 0 saturated carbocycles. The third-order valence-corrected chi connectivity index (χ3v) is 3.78. The summed E-state index contributed by atoms with van der Waals surface area (Å²) in [5, 5.41) is 6.98. The van der Waals surface area contributed by atoms with E-state index in [1.807, 2.05) is 30.5 Å². The molecule has 8 heteroatoms. The van der Waals surface area contributed by atoms with Crippen molar-refractivity contribution in [3.63, 3.8) is 0 Å². The summed E-state index contributed by atoms with van der Waals surface area (Å²) in [6, 6.07) is 15.0. The van der Waals surface area contributed by atoms with E-state index in [9.17, 15) is 13.6 Å². The number of nitrogens with zero attached hydrogens (tertiary/aromatic N) is 3. The van der Waals surface area contributed by atoms with Crippen molar-refractivity contribution in [3.8, 4) is 11.4 Å². The lowest BCUT2D eigenvalue weighted by molar-refractivity contribution is -0.0498. The third-order valence-electron chi connectivity index (χ3n) is 3.78. The van der Waals surface area contributed by atoms with Gasteiger partial charge in [0.25, 0.3) is 0 Å². The zero-order valence-corrected chi connectivity index (χ0v) is 14.5. The fraction of sp³-hybridized carbons (Fsp3) is 0.158. The Morgan fingerprint density at radius 3 is 2.67 bits per heavy atom. The van der Waals surface area contributed by atoms with Crippen LogP contribution >= 0.6 is 0 Å². The van der Waals surface area contributed by atoms with Gasteiger partial charge in [-0.2, -0.15) is 13.9 Å². The minimum Gasteiger partial charge on any atom is -0.435 e. The van der Waals surface area contributed by atoms with Gasteiger partial charge in [-0.25, -0.2) is 9.48 Å². The standard InChI is InChI=1S/C19H18F2N4O2/c1-24(13-14-6-8-17(9-7-14)27-18(20)21)19(26)23-15-4-2-5-16(12-15)25-11-3-10-22-25/h2-12,18H,13H2,1H3,(H,23,26). The van der Waals surface area contributed by atoms with Crippen molar-refractivity contribution in [1.29, 1.82) is 0 Å². The number of halogens is 2. The molecule has 3 rings (SSSR count). The number of anilines is 1. The number of benzene rings is 2. The van der Waals surface area contributed by atoms with Crippen LogP contribution in [0.1, 0.15) is 5.56 Å². The molecule has 0 aliphatic carbocycles. The number of rotatable bonds is 6. The first-order chi connectivity index (χ1) is 13.0. The molecule has 0 fully saturated rings. The van der Waals surface area contributed by atoms with E-state index in [0.717, 1.165) is 11.3 Å². The molecule has 2 aromatic carbocycles. The van der Waals surface area contributed by atoms with Crippen LogP contribution in [0.3, 0.4) is 0 Å². The SMILES string of the molecule is CN(Cc1ccc(OC(F)F)cc1)C(=O)Nc1cccc(-n2cccn2)c1. The zero-order chi connectivity index (χ0) is 19.2. The Morgan fingerprint density at radius 1 is 1.22 bits per heavy atom. The van der Waals surface area contributed by atoms with E-state index in [0.29, 0.717) is 12.2 Å². The molecule has 140 valence electrons. The molecule has 6 nitrogen and oxygen atoms in total. The topological polar surface area (TPSA) is 59.4 Å². The average Bonchev–Trinajstić information content (AvgIpc) is 3.18. The number of aromatic nitrogens is 2. The Balaban J connectivity index is 1.60. The predicted molar refractivity (Wildman–Crippen MR) is 97.1 cm³/mol. The number of amides is 2. The van der Waals surface area contributed by atoms with Crippen LogP contribution in [0.15, 0.2) is 67.0 Å². The normalized spacial score (nSPS) is 10.7. The van der Waals surface area contributed by atoms with Crippen LogP contribution in [0.5, 0.6) is 5.75 Å². The molecule has 0 radical (unpaired) electrons. The molecule has 0 spiro atoms. The first kappa shape index (κ1) is 18.4. The van der Waals surface area contributed by atoms with Gasteiger partial charge in [-0.3, -0.25) is 0 Å². The van der Waals surface area contributed by atoms with Crippen LogP contribution in [-0.4, -0.2) is 34.4 Å². The smallest absolute Gasteiger partial charge is 0.387 e. The number of carbonyl (C=O) groups is 1. The summed E-state index contributed by atoms with van der Waals surface area (Å²) in [5.74, 6) is 0.0799. The van der Waals surface area contributed by atoms with E-state index in [1.165, 1.54) is 17.0 Å². The lowest BCUT2D eigenvalue weighted by Crippen LogP contribution is -2.30. The van der Waals surface area contributed by atoms with E-state index in [1.54, 1.807) is 36.1 Å². The first-order valence-corrected chi connectivity index (χ1v) is 8.17. The van der Waals surface area contributed by atoms with E-state index < -0.39 is 6.61 Å². The van der Waals surface area contributed by atoms with Crippen LogP contribution in [0, 0.1) is 0 Å².